The lowest BCUT2D eigenvalue weighted by Crippen LogP contribution is -2.23. The maximum Gasteiger partial charge on any atom is 0.252 e. The molecule has 8 heteroatoms. The molecule has 2 heterocycles. The van der Waals surface area contributed by atoms with E-state index in [-0.39, 0.29) is 5.91 Å². The topological polar surface area (TPSA) is 105 Å². The van der Waals surface area contributed by atoms with Crippen molar-refractivity contribution in [3.8, 4) is 0 Å². The number of anilines is 2. The Morgan fingerprint density at radius 1 is 1.00 bits per heavy atom. The van der Waals surface area contributed by atoms with Crippen molar-refractivity contribution in [2.75, 3.05) is 37.2 Å². The molecule has 3 rings (SSSR count). The number of rotatable bonds is 10. The zero-order valence-corrected chi connectivity index (χ0v) is 19.1. The Bertz CT molecular complexity index is 895. The van der Waals surface area contributed by atoms with Crippen molar-refractivity contribution in [1.29, 1.82) is 0 Å². The Hall–Kier alpha value is -3.16. The Kier molecular flexibility index (Phi) is 11.6. The van der Waals surface area contributed by atoms with Crippen molar-refractivity contribution in [3.05, 3.63) is 83.3 Å². The standard InChI is InChI=1S/C18H25ClN6O.C6H6/c1-2-22-18(26)14-10-15(17(20)25-12-14)23-8-3-7-21-9-6-13-4-5-16(19)24-11-13;1-2-4-6-5-3-1/h4-5,10-12,21,23H,2-3,6-9H2,1H3,(H2,20,25)(H,22,26);1-6H. The van der Waals surface area contributed by atoms with Crippen LogP contribution in [0.5, 0.6) is 0 Å². The molecule has 0 aliphatic rings. The average Bonchev–Trinajstić information content (AvgIpc) is 2.82. The van der Waals surface area contributed by atoms with E-state index in [9.17, 15) is 4.79 Å². The first kappa shape index (κ1) is 25.1. The highest BCUT2D eigenvalue weighted by Crippen LogP contribution is 2.17. The van der Waals surface area contributed by atoms with Gasteiger partial charge < -0.3 is 21.7 Å². The van der Waals surface area contributed by atoms with Crippen molar-refractivity contribution >= 4 is 29.0 Å². The SMILES string of the molecule is CCNC(=O)c1cnc(N)c(NCCCNCCc2ccc(Cl)nc2)c1.c1ccccc1. The second-order valence-electron chi connectivity index (χ2n) is 6.94. The molecule has 0 aliphatic carbocycles. The predicted octanol–water partition coefficient (Wildman–Crippen LogP) is 3.78. The number of carbonyl (C=O) groups is 1. The number of hydrogen-bond donors (Lipinski definition) is 4. The number of nitrogen functional groups attached to an aromatic ring is 1. The Morgan fingerprint density at radius 3 is 2.34 bits per heavy atom. The average molecular weight is 455 g/mol. The third-order valence-corrected chi connectivity index (χ3v) is 4.63. The molecule has 3 aromatic rings. The van der Waals surface area contributed by atoms with Gasteiger partial charge in [0.2, 0.25) is 0 Å². The third-order valence-electron chi connectivity index (χ3n) is 4.41. The van der Waals surface area contributed by atoms with Gasteiger partial charge in [0.05, 0.1) is 11.3 Å². The lowest BCUT2D eigenvalue weighted by molar-refractivity contribution is 0.0955. The van der Waals surface area contributed by atoms with Gasteiger partial charge in [-0.1, -0.05) is 54.1 Å². The normalized spacial score (nSPS) is 10.1. The number of carbonyl (C=O) groups excluding carboxylic acids is 1. The quantitative estimate of drug-likeness (QED) is 0.274. The second kappa shape index (κ2) is 14.8. The summed E-state index contributed by atoms with van der Waals surface area (Å²) in [6.07, 6.45) is 5.11. The number of halogens is 1. The molecular weight excluding hydrogens is 424 g/mol. The van der Waals surface area contributed by atoms with Gasteiger partial charge in [0.15, 0.2) is 0 Å². The summed E-state index contributed by atoms with van der Waals surface area (Å²) in [5.41, 5.74) is 8.20. The summed E-state index contributed by atoms with van der Waals surface area (Å²) >= 11 is 5.77. The molecule has 0 aliphatic heterocycles. The number of nitrogens with one attached hydrogen (secondary N) is 3. The molecule has 0 saturated carbocycles. The molecule has 32 heavy (non-hydrogen) atoms. The van der Waals surface area contributed by atoms with E-state index in [1.807, 2.05) is 49.4 Å². The maximum absolute atomic E-state index is 11.9. The molecular formula is C24H31ClN6O. The van der Waals surface area contributed by atoms with E-state index >= 15 is 0 Å². The van der Waals surface area contributed by atoms with Crippen LogP contribution in [0.4, 0.5) is 11.5 Å². The fraction of sp³-hybridized carbons (Fsp3) is 0.292. The van der Waals surface area contributed by atoms with Crippen LogP contribution in [-0.2, 0) is 6.42 Å². The fourth-order valence-electron chi connectivity index (χ4n) is 2.74. The van der Waals surface area contributed by atoms with Crippen LogP contribution in [-0.4, -0.2) is 42.1 Å². The summed E-state index contributed by atoms with van der Waals surface area (Å²) in [5.74, 6) is 0.239. The van der Waals surface area contributed by atoms with E-state index in [1.54, 1.807) is 18.3 Å². The summed E-state index contributed by atoms with van der Waals surface area (Å²) in [4.78, 5) is 20.0. The van der Waals surface area contributed by atoms with Crippen LogP contribution in [0.1, 0.15) is 29.3 Å². The van der Waals surface area contributed by atoms with Gasteiger partial charge in [-0.25, -0.2) is 9.97 Å². The van der Waals surface area contributed by atoms with Crippen LogP contribution in [0.25, 0.3) is 0 Å². The number of aromatic nitrogens is 2. The minimum atomic E-state index is -0.151. The van der Waals surface area contributed by atoms with Gasteiger partial charge in [0.25, 0.3) is 5.91 Å². The van der Waals surface area contributed by atoms with Gasteiger partial charge in [-0.2, -0.15) is 0 Å². The number of nitrogens with zero attached hydrogens (tertiary/aromatic N) is 2. The Labute approximate surface area is 194 Å². The molecule has 0 spiro atoms. The highest BCUT2D eigenvalue weighted by atomic mass is 35.5. The molecule has 0 atom stereocenters. The number of benzene rings is 1. The van der Waals surface area contributed by atoms with Crippen LogP contribution in [0.3, 0.4) is 0 Å². The maximum atomic E-state index is 11.9. The molecule has 0 bridgehead atoms. The van der Waals surface area contributed by atoms with Crippen LogP contribution >= 0.6 is 11.6 Å². The molecule has 0 fully saturated rings. The van der Waals surface area contributed by atoms with Gasteiger partial charge in [0, 0.05) is 25.5 Å². The molecule has 0 saturated heterocycles. The lowest BCUT2D eigenvalue weighted by atomic mass is 10.2. The second-order valence-corrected chi connectivity index (χ2v) is 7.33. The van der Waals surface area contributed by atoms with Crippen LogP contribution in [0.15, 0.2) is 67.0 Å². The first-order valence-corrected chi connectivity index (χ1v) is 11.1. The van der Waals surface area contributed by atoms with Crippen molar-refractivity contribution in [3.63, 3.8) is 0 Å². The predicted molar refractivity (Wildman–Crippen MR) is 132 cm³/mol. The molecule has 0 unspecified atom stereocenters. The zero-order valence-electron chi connectivity index (χ0n) is 18.4. The summed E-state index contributed by atoms with van der Waals surface area (Å²) in [5, 5.41) is 9.87. The molecule has 1 amide bonds. The number of hydrogen-bond acceptors (Lipinski definition) is 6. The highest BCUT2D eigenvalue weighted by Gasteiger charge is 2.08. The van der Waals surface area contributed by atoms with Gasteiger partial charge in [0.1, 0.15) is 11.0 Å². The van der Waals surface area contributed by atoms with Crippen molar-refractivity contribution < 1.29 is 4.79 Å². The van der Waals surface area contributed by atoms with Gasteiger partial charge >= 0.3 is 0 Å². The van der Waals surface area contributed by atoms with E-state index in [0.717, 1.165) is 38.0 Å². The molecule has 0 radical (unpaired) electrons. The number of nitrogens with two attached hydrogens (primary N) is 1. The van der Waals surface area contributed by atoms with E-state index in [4.69, 9.17) is 17.3 Å². The summed E-state index contributed by atoms with van der Waals surface area (Å²) in [6, 6.07) is 17.5. The van der Waals surface area contributed by atoms with Crippen LogP contribution < -0.4 is 21.7 Å². The largest absolute Gasteiger partial charge is 0.382 e. The summed E-state index contributed by atoms with van der Waals surface area (Å²) in [7, 11) is 0. The minimum absolute atomic E-state index is 0.151. The number of amides is 1. The Balaban J connectivity index is 0.000000520. The molecule has 7 nitrogen and oxygen atoms in total. The van der Waals surface area contributed by atoms with Gasteiger partial charge in [-0.05, 0) is 50.6 Å². The van der Waals surface area contributed by atoms with E-state index in [0.29, 0.717) is 28.8 Å². The molecule has 5 N–H and O–H groups in total. The van der Waals surface area contributed by atoms with Crippen molar-refractivity contribution in [2.24, 2.45) is 0 Å². The van der Waals surface area contributed by atoms with Gasteiger partial charge in [-0.15, -0.1) is 0 Å². The third kappa shape index (κ3) is 9.76. The zero-order chi connectivity index (χ0) is 23.0. The summed E-state index contributed by atoms with van der Waals surface area (Å²) in [6.45, 7) is 4.93. The van der Waals surface area contributed by atoms with Crippen LogP contribution in [0, 0.1) is 0 Å². The first-order valence-electron chi connectivity index (χ1n) is 10.7. The van der Waals surface area contributed by atoms with Crippen molar-refractivity contribution in [1.82, 2.24) is 20.6 Å². The van der Waals surface area contributed by atoms with E-state index < -0.39 is 0 Å². The van der Waals surface area contributed by atoms with E-state index in [2.05, 4.69) is 25.9 Å². The number of pyridine rings is 2. The van der Waals surface area contributed by atoms with Crippen LogP contribution in [0.2, 0.25) is 5.15 Å². The minimum Gasteiger partial charge on any atom is -0.382 e. The Morgan fingerprint density at radius 2 is 1.72 bits per heavy atom. The fourth-order valence-corrected chi connectivity index (χ4v) is 2.85. The monoisotopic (exact) mass is 454 g/mol. The molecule has 170 valence electrons. The molecule has 1 aromatic carbocycles. The first-order chi connectivity index (χ1) is 15.6. The van der Waals surface area contributed by atoms with E-state index in [1.165, 1.54) is 6.20 Å². The summed E-state index contributed by atoms with van der Waals surface area (Å²) < 4.78 is 0. The van der Waals surface area contributed by atoms with Crippen molar-refractivity contribution in [2.45, 2.75) is 19.8 Å². The molecule has 2 aromatic heterocycles. The highest BCUT2D eigenvalue weighted by molar-refractivity contribution is 6.29. The lowest BCUT2D eigenvalue weighted by Gasteiger charge is -2.11. The van der Waals surface area contributed by atoms with Gasteiger partial charge in [-0.3, -0.25) is 4.79 Å². The smallest absolute Gasteiger partial charge is 0.252 e.